The van der Waals surface area contributed by atoms with Crippen LogP contribution in [0.4, 0.5) is 8.78 Å². The van der Waals surface area contributed by atoms with Crippen LogP contribution >= 0.6 is 15.9 Å². The van der Waals surface area contributed by atoms with Gasteiger partial charge in [0.25, 0.3) is 0 Å². The zero-order valence-corrected chi connectivity index (χ0v) is 8.85. The molecule has 0 saturated carbocycles. The average Bonchev–Trinajstić information content (AvgIpc) is 2.19. The standard InChI is InChI=1S/C10H3BrF2N2/c11-7-4-15-9(3-14)10-6(7)1-5(12)2-8(10)13/h1-2,4H. The van der Waals surface area contributed by atoms with Gasteiger partial charge in [-0.3, -0.25) is 0 Å². The third kappa shape index (κ3) is 1.57. The first-order valence-electron chi connectivity index (χ1n) is 3.97. The zero-order valence-electron chi connectivity index (χ0n) is 7.26. The molecule has 0 unspecified atom stereocenters. The van der Waals surface area contributed by atoms with Gasteiger partial charge in [0.05, 0.1) is 5.39 Å². The molecular weight excluding hydrogens is 266 g/mol. The van der Waals surface area contributed by atoms with Gasteiger partial charge in [-0.05, 0) is 22.0 Å². The summed E-state index contributed by atoms with van der Waals surface area (Å²) in [6, 6.07) is 3.65. The van der Waals surface area contributed by atoms with Crippen molar-refractivity contribution >= 4 is 26.7 Å². The molecule has 0 aliphatic carbocycles. The second kappa shape index (κ2) is 3.55. The second-order valence-electron chi connectivity index (χ2n) is 2.88. The summed E-state index contributed by atoms with van der Waals surface area (Å²) in [4.78, 5) is 3.74. The van der Waals surface area contributed by atoms with E-state index in [1.165, 1.54) is 6.20 Å². The highest BCUT2D eigenvalue weighted by atomic mass is 79.9. The van der Waals surface area contributed by atoms with Crippen LogP contribution in [0.25, 0.3) is 10.8 Å². The summed E-state index contributed by atoms with van der Waals surface area (Å²) in [5.74, 6) is -1.47. The lowest BCUT2D eigenvalue weighted by atomic mass is 10.1. The third-order valence-corrected chi connectivity index (χ3v) is 2.59. The van der Waals surface area contributed by atoms with E-state index in [2.05, 4.69) is 20.9 Å². The van der Waals surface area contributed by atoms with Gasteiger partial charge in [0.2, 0.25) is 0 Å². The number of nitrogens with zero attached hydrogens (tertiary/aromatic N) is 2. The first kappa shape index (κ1) is 9.99. The topological polar surface area (TPSA) is 36.7 Å². The predicted molar refractivity (Wildman–Crippen MR) is 54.1 cm³/mol. The first-order valence-corrected chi connectivity index (χ1v) is 4.76. The molecule has 1 heterocycles. The largest absolute Gasteiger partial charge is 0.244 e. The molecule has 0 saturated heterocycles. The molecule has 2 nitrogen and oxygen atoms in total. The van der Waals surface area contributed by atoms with E-state index in [1.54, 1.807) is 6.07 Å². The minimum Gasteiger partial charge on any atom is -0.244 e. The summed E-state index contributed by atoms with van der Waals surface area (Å²) in [7, 11) is 0. The van der Waals surface area contributed by atoms with Crippen molar-refractivity contribution in [3.63, 3.8) is 0 Å². The van der Waals surface area contributed by atoms with Crippen LogP contribution in [0.5, 0.6) is 0 Å². The number of hydrogen-bond donors (Lipinski definition) is 0. The van der Waals surface area contributed by atoms with Crippen molar-refractivity contribution in [2.45, 2.75) is 0 Å². The Labute approximate surface area is 92.3 Å². The van der Waals surface area contributed by atoms with Crippen molar-refractivity contribution in [3.05, 3.63) is 40.1 Å². The van der Waals surface area contributed by atoms with Crippen LogP contribution in [-0.2, 0) is 0 Å². The average molecular weight is 269 g/mol. The first-order chi connectivity index (χ1) is 7.13. The van der Waals surface area contributed by atoms with E-state index in [1.807, 2.05) is 0 Å². The van der Waals surface area contributed by atoms with Crippen molar-refractivity contribution in [1.82, 2.24) is 4.98 Å². The Morgan fingerprint density at radius 1 is 1.33 bits per heavy atom. The van der Waals surface area contributed by atoms with Crippen molar-refractivity contribution in [2.75, 3.05) is 0 Å². The number of halogens is 3. The van der Waals surface area contributed by atoms with Crippen molar-refractivity contribution < 1.29 is 8.78 Å². The minimum atomic E-state index is -0.782. The van der Waals surface area contributed by atoms with Gasteiger partial charge in [-0.1, -0.05) is 0 Å². The predicted octanol–water partition coefficient (Wildman–Crippen LogP) is 3.15. The lowest BCUT2D eigenvalue weighted by molar-refractivity contribution is 0.591. The quantitative estimate of drug-likeness (QED) is 0.736. The van der Waals surface area contributed by atoms with Crippen molar-refractivity contribution in [2.24, 2.45) is 0 Å². The Hall–Kier alpha value is -1.54. The van der Waals surface area contributed by atoms with Gasteiger partial charge in [0, 0.05) is 22.1 Å². The molecule has 2 rings (SSSR count). The van der Waals surface area contributed by atoms with Crippen LogP contribution in [0.3, 0.4) is 0 Å². The molecule has 0 aliphatic rings. The normalized spacial score (nSPS) is 10.3. The molecule has 1 aromatic carbocycles. The SMILES string of the molecule is N#Cc1ncc(Br)c2cc(F)cc(F)c12. The molecule has 0 N–H and O–H groups in total. The number of nitriles is 1. The van der Waals surface area contributed by atoms with Gasteiger partial charge >= 0.3 is 0 Å². The highest BCUT2D eigenvalue weighted by molar-refractivity contribution is 9.10. The van der Waals surface area contributed by atoms with E-state index < -0.39 is 11.6 Å². The van der Waals surface area contributed by atoms with E-state index in [0.717, 1.165) is 12.1 Å². The van der Waals surface area contributed by atoms with E-state index in [-0.39, 0.29) is 11.1 Å². The van der Waals surface area contributed by atoms with Crippen LogP contribution < -0.4 is 0 Å². The summed E-state index contributed by atoms with van der Waals surface area (Å²) in [5.41, 5.74) is -0.0503. The van der Waals surface area contributed by atoms with Gasteiger partial charge in [-0.15, -0.1) is 0 Å². The van der Waals surface area contributed by atoms with Gasteiger partial charge < -0.3 is 0 Å². The molecule has 0 radical (unpaired) electrons. The molecule has 0 spiro atoms. The lowest BCUT2D eigenvalue weighted by Gasteiger charge is -2.03. The number of benzene rings is 1. The summed E-state index contributed by atoms with van der Waals surface area (Å²) < 4.78 is 26.8. The summed E-state index contributed by atoms with van der Waals surface area (Å²) in [6.45, 7) is 0. The second-order valence-corrected chi connectivity index (χ2v) is 3.73. The van der Waals surface area contributed by atoms with Gasteiger partial charge in [0.15, 0.2) is 5.69 Å². The van der Waals surface area contributed by atoms with Gasteiger partial charge in [-0.2, -0.15) is 5.26 Å². The van der Waals surface area contributed by atoms with Gasteiger partial charge in [-0.25, -0.2) is 13.8 Å². The fraction of sp³-hybridized carbons (Fsp3) is 0. The maximum Gasteiger partial charge on any atom is 0.151 e. The summed E-state index contributed by atoms with van der Waals surface area (Å²) in [6.07, 6.45) is 1.35. The number of pyridine rings is 1. The van der Waals surface area contributed by atoms with Crippen LogP contribution in [-0.4, -0.2) is 4.98 Å². The van der Waals surface area contributed by atoms with Gasteiger partial charge in [0.1, 0.15) is 17.7 Å². The van der Waals surface area contributed by atoms with E-state index >= 15 is 0 Å². The Morgan fingerprint density at radius 3 is 2.73 bits per heavy atom. The summed E-state index contributed by atoms with van der Waals surface area (Å²) >= 11 is 3.12. The van der Waals surface area contributed by atoms with Crippen LogP contribution in [0.2, 0.25) is 0 Å². The van der Waals surface area contributed by atoms with Crippen LogP contribution in [0.15, 0.2) is 22.8 Å². The van der Waals surface area contributed by atoms with E-state index in [9.17, 15) is 8.78 Å². The van der Waals surface area contributed by atoms with E-state index in [4.69, 9.17) is 5.26 Å². The monoisotopic (exact) mass is 268 g/mol. The molecule has 15 heavy (non-hydrogen) atoms. The highest BCUT2D eigenvalue weighted by Gasteiger charge is 2.12. The lowest BCUT2D eigenvalue weighted by Crippen LogP contribution is -1.91. The maximum absolute atomic E-state index is 13.4. The maximum atomic E-state index is 13.4. The Morgan fingerprint density at radius 2 is 2.07 bits per heavy atom. The molecule has 0 bridgehead atoms. The third-order valence-electron chi connectivity index (χ3n) is 1.96. The highest BCUT2D eigenvalue weighted by Crippen LogP contribution is 2.28. The molecule has 5 heteroatoms. The number of rotatable bonds is 0. The van der Waals surface area contributed by atoms with Crippen molar-refractivity contribution in [3.8, 4) is 6.07 Å². The Kier molecular flexibility index (Phi) is 2.37. The zero-order chi connectivity index (χ0) is 11.0. The molecular formula is C10H3BrF2N2. The molecule has 0 atom stereocenters. The Balaban J connectivity index is 3.02. The fourth-order valence-corrected chi connectivity index (χ4v) is 1.76. The number of fused-ring (bicyclic) bond motifs is 1. The fourth-order valence-electron chi connectivity index (χ4n) is 1.34. The van der Waals surface area contributed by atoms with Crippen molar-refractivity contribution in [1.29, 1.82) is 5.26 Å². The number of hydrogen-bond acceptors (Lipinski definition) is 2. The number of aromatic nitrogens is 1. The van der Waals surface area contributed by atoms with Crippen LogP contribution in [0.1, 0.15) is 5.69 Å². The molecule has 74 valence electrons. The van der Waals surface area contributed by atoms with E-state index in [0.29, 0.717) is 9.86 Å². The Bertz CT molecular complexity index is 590. The van der Waals surface area contributed by atoms with Crippen LogP contribution in [0, 0.1) is 23.0 Å². The summed E-state index contributed by atoms with van der Waals surface area (Å²) in [5, 5.41) is 9.07. The minimum absolute atomic E-state index is 0.0354. The molecule has 2 aromatic rings. The molecule has 0 fully saturated rings. The molecule has 0 aliphatic heterocycles. The molecule has 0 amide bonds. The smallest absolute Gasteiger partial charge is 0.151 e. The molecule has 1 aromatic heterocycles.